The van der Waals surface area contributed by atoms with E-state index in [1.54, 1.807) is 6.07 Å². The molecule has 1 aromatic heterocycles. The number of rotatable bonds is 9. The summed E-state index contributed by atoms with van der Waals surface area (Å²) in [5, 5.41) is 13.6. The second kappa shape index (κ2) is 10.6. The van der Waals surface area contributed by atoms with Crippen molar-refractivity contribution < 1.29 is 18.7 Å². The summed E-state index contributed by atoms with van der Waals surface area (Å²) in [6.45, 7) is 0.315. The van der Waals surface area contributed by atoms with Crippen LogP contribution >= 0.6 is 11.3 Å². The third-order valence-electron chi connectivity index (χ3n) is 4.14. The number of halogens is 1. The number of hydrogen-bond acceptors (Lipinski definition) is 7. The molecule has 0 spiro atoms. The van der Waals surface area contributed by atoms with Gasteiger partial charge in [-0.1, -0.05) is 29.5 Å². The van der Waals surface area contributed by atoms with E-state index in [0.717, 1.165) is 22.6 Å². The van der Waals surface area contributed by atoms with Crippen molar-refractivity contribution in [2.24, 2.45) is 0 Å². The van der Waals surface area contributed by atoms with Gasteiger partial charge in [0.1, 0.15) is 24.0 Å². The van der Waals surface area contributed by atoms with Crippen LogP contribution in [0.4, 0.5) is 15.8 Å². The first kappa shape index (κ1) is 22.3. The van der Waals surface area contributed by atoms with Gasteiger partial charge in [-0.05, 0) is 35.9 Å². The number of amides is 2. The predicted octanol–water partition coefficient (Wildman–Crippen LogP) is 2.83. The molecule has 31 heavy (non-hydrogen) atoms. The number of carbonyl (C=O) groups excluding carboxylic acids is 2. The first-order valence-corrected chi connectivity index (χ1v) is 10.2. The van der Waals surface area contributed by atoms with Gasteiger partial charge in [0.2, 0.25) is 10.9 Å². The summed E-state index contributed by atoms with van der Waals surface area (Å²) < 4.78 is 18.6. The highest BCUT2D eigenvalue weighted by molar-refractivity contribution is 7.13. The molecule has 0 aliphatic carbocycles. The molecule has 1 heterocycles. The maximum Gasteiger partial charge on any atom is 0.286 e. The highest BCUT2D eigenvalue weighted by atomic mass is 32.1. The Labute approximate surface area is 183 Å². The Morgan fingerprint density at radius 1 is 1.13 bits per heavy atom. The number of nitrogens with zero attached hydrogens (tertiary/aromatic N) is 3. The molecule has 8 nitrogen and oxygen atoms in total. The van der Waals surface area contributed by atoms with E-state index in [4.69, 9.17) is 4.74 Å². The van der Waals surface area contributed by atoms with Crippen molar-refractivity contribution in [3.63, 3.8) is 0 Å². The van der Waals surface area contributed by atoms with Gasteiger partial charge >= 0.3 is 0 Å². The molecule has 0 fully saturated rings. The topological polar surface area (TPSA) is 96.5 Å². The largest absolute Gasteiger partial charge is 0.378 e. The fourth-order valence-electron chi connectivity index (χ4n) is 2.55. The normalized spacial score (nSPS) is 10.5. The van der Waals surface area contributed by atoms with Crippen molar-refractivity contribution in [3.05, 3.63) is 69.9 Å². The molecule has 0 bridgehead atoms. The van der Waals surface area contributed by atoms with Crippen LogP contribution in [-0.4, -0.2) is 42.7 Å². The number of ether oxygens (including phenoxy) is 1. The lowest BCUT2D eigenvalue weighted by atomic mass is 10.2. The van der Waals surface area contributed by atoms with E-state index in [1.807, 2.05) is 43.3 Å². The van der Waals surface area contributed by atoms with Gasteiger partial charge in [-0.25, -0.2) is 4.39 Å². The quantitative estimate of drug-likeness (QED) is 0.528. The highest BCUT2D eigenvalue weighted by Crippen LogP contribution is 2.15. The molecule has 0 atom stereocenters. The number of anilines is 2. The Balaban J connectivity index is 1.40. The molecule has 0 unspecified atom stereocenters. The van der Waals surface area contributed by atoms with Gasteiger partial charge in [-0.3, -0.25) is 9.59 Å². The molecule has 162 valence electrons. The molecule has 2 amide bonds. The predicted molar refractivity (Wildman–Crippen MR) is 117 cm³/mol. The first-order valence-electron chi connectivity index (χ1n) is 9.41. The average Bonchev–Trinajstić information content (AvgIpc) is 3.22. The molecule has 0 radical (unpaired) electrons. The molecule has 2 aromatic carbocycles. The molecular formula is C21H22FN5O3S. The van der Waals surface area contributed by atoms with E-state index in [9.17, 15) is 14.0 Å². The van der Waals surface area contributed by atoms with Gasteiger partial charge in [-0.15, -0.1) is 10.2 Å². The summed E-state index contributed by atoms with van der Waals surface area (Å²) in [6, 6.07) is 13.4. The summed E-state index contributed by atoms with van der Waals surface area (Å²) in [5.74, 6) is -1.20. The zero-order valence-corrected chi connectivity index (χ0v) is 17.9. The van der Waals surface area contributed by atoms with Crippen LogP contribution in [0.3, 0.4) is 0 Å². The lowest BCUT2D eigenvalue weighted by Gasteiger charge is -2.12. The van der Waals surface area contributed by atoms with Crippen molar-refractivity contribution in [1.29, 1.82) is 0 Å². The third-order valence-corrected chi connectivity index (χ3v) is 5.04. The SMILES string of the molecule is CN(C)c1ccc(CNC(=O)COCc2nnc(C(=O)Nc3cccc(F)c3)s2)cc1. The van der Waals surface area contributed by atoms with Gasteiger partial charge in [0.05, 0.1) is 0 Å². The Morgan fingerprint density at radius 2 is 1.90 bits per heavy atom. The molecular weight excluding hydrogens is 421 g/mol. The molecule has 0 saturated heterocycles. The fourth-order valence-corrected chi connectivity index (χ4v) is 3.22. The Bertz CT molecular complexity index is 1040. The van der Waals surface area contributed by atoms with Crippen LogP contribution in [0.2, 0.25) is 0 Å². The summed E-state index contributed by atoms with van der Waals surface area (Å²) in [6.07, 6.45) is 0. The number of carbonyl (C=O) groups is 2. The summed E-state index contributed by atoms with van der Waals surface area (Å²) in [5.41, 5.74) is 2.39. The third kappa shape index (κ3) is 6.83. The Kier molecular flexibility index (Phi) is 7.63. The number of hydrogen-bond donors (Lipinski definition) is 2. The molecule has 3 aromatic rings. The van der Waals surface area contributed by atoms with Crippen LogP contribution in [0.1, 0.15) is 20.4 Å². The van der Waals surface area contributed by atoms with Gasteiger partial charge < -0.3 is 20.3 Å². The lowest BCUT2D eigenvalue weighted by molar-refractivity contribution is -0.126. The molecule has 0 aliphatic rings. The van der Waals surface area contributed by atoms with E-state index >= 15 is 0 Å². The second-order valence-electron chi connectivity index (χ2n) is 6.80. The second-order valence-corrected chi connectivity index (χ2v) is 7.86. The summed E-state index contributed by atoms with van der Waals surface area (Å²) in [7, 11) is 3.93. The zero-order chi connectivity index (χ0) is 22.2. The molecule has 0 aliphatic heterocycles. The van der Waals surface area contributed by atoms with E-state index in [1.165, 1.54) is 18.2 Å². The Hall–Kier alpha value is -3.37. The Morgan fingerprint density at radius 3 is 2.61 bits per heavy atom. The number of aromatic nitrogens is 2. The van der Waals surface area contributed by atoms with Crippen LogP contribution in [0.5, 0.6) is 0 Å². The maximum absolute atomic E-state index is 13.2. The van der Waals surface area contributed by atoms with E-state index in [2.05, 4.69) is 20.8 Å². The van der Waals surface area contributed by atoms with Gasteiger partial charge in [-0.2, -0.15) is 0 Å². The molecule has 3 rings (SSSR count). The van der Waals surface area contributed by atoms with Crippen molar-refractivity contribution in [3.8, 4) is 0 Å². The number of nitrogens with one attached hydrogen (secondary N) is 2. The zero-order valence-electron chi connectivity index (χ0n) is 17.1. The van der Waals surface area contributed by atoms with Gasteiger partial charge in [0, 0.05) is 32.0 Å². The van der Waals surface area contributed by atoms with Crippen LogP contribution in [0.25, 0.3) is 0 Å². The van der Waals surface area contributed by atoms with Crippen LogP contribution < -0.4 is 15.5 Å². The van der Waals surface area contributed by atoms with Crippen molar-refractivity contribution in [2.45, 2.75) is 13.2 Å². The van der Waals surface area contributed by atoms with Crippen molar-refractivity contribution >= 4 is 34.5 Å². The maximum atomic E-state index is 13.2. The van der Waals surface area contributed by atoms with Gasteiger partial charge in [0.15, 0.2) is 0 Å². The van der Waals surface area contributed by atoms with Crippen molar-refractivity contribution in [2.75, 3.05) is 30.9 Å². The molecule has 10 heteroatoms. The monoisotopic (exact) mass is 443 g/mol. The molecule has 0 saturated carbocycles. The minimum absolute atomic E-state index is 0.0515. The summed E-state index contributed by atoms with van der Waals surface area (Å²) >= 11 is 1.04. The van der Waals surface area contributed by atoms with E-state index in [0.29, 0.717) is 17.2 Å². The molecule has 2 N–H and O–H groups in total. The number of benzene rings is 2. The minimum atomic E-state index is -0.493. The lowest BCUT2D eigenvalue weighted by Crippen LogP contribution is -2.27. The smallest absolute Gasteiger partial charge is 0.286 e. The fraction of sp³-hybridized carbons (Fsp3) is 0.238. The minimum Gasteiger partial charge on any atom is -0.378 e. The van der Waals surface area contributed by atoms with E-state index in [-0.39, 0.29) is 24.1 Å². The van der Waals surface area contributed by atoms with Crippen molar-refractivity contribution in [1.82, 2.24) is 15.5 Å². The standard InChI is InChI=1S/C21H22FN5O3S/c1-27(2)17-8-6-14(7-9-17)11-23-18(28)12-30-13-19-25-26-21(31-19)20(29)24-16-5-3-4-15(22)10-16/h3-10H,11-13H2,1-2H3,(H,23,28)(H,24,29). The highest BCUT2D eigenvalue weighted by Gasteiger charge is 2.14. The van der Waals surface area contributed by atoms with Crippen LogP contribution in [0.15, 0.2) is 48.5 Å². The van der Waals surface area contributed by atoms with E-state index < -0.39 is 11.7 Å². The van der Waals surface area contributed by atoms with Crippen LogP contribution in [-0.2, 0) is 22.7 Å². The van der Waals surface area contributed by atoms with Gasteiger partial charge in [0.25, 0.3) is 5.91 Å². The summed E-state index contributed by atoms with van der Waals surface area (Å²) in [4.78, 5) is 26.1. The first-order chi connectivity index (χ1) is 14.9. The van der Waals surface area contributed by atoms with Crippen LogP contribution in [0, 0.1) is 5.82 Å². The average molecular weight is 444 g/mol.